The molecule has 0 spiro atoms. The summed E-state index contributed by atoms with van der Waals surface area (Å²) in [5, 5.41) is 12.2. The minimum absolute atomic E-state index is 0.0628. The molecule has 4 N–H and O–H groups in total. The van der Waals surface area contributed by atoms with Gasteiger partial charge in [-0.05, 0) is 36.7 Å². The quantitative estimate of drug-likeness (QED) is 0.775. The molecule has 0 bridgehead atoms. The molecule has 98 valence electrons. The molecule has 0 aliphatic heterocycles. The van der Waals surface area contributed by atoms with E-state index in [9.17, 15) is 9.90 Å². The van der Waals surface area contributed by atoms with Crippen molar-refractivity contribution in [1.29, 1.82) is 0 Å². The Bertz CT molecular complexity index is 584. The van der Waals surface area contributed by atoms with Crippen molar-refractivity contribution in [1.82, 2.24) is 4.98 Å². The van der Waals surface area contributed by atoms with Crippen LogP contribution in [0.4, 0.5) is 5.82 Å². The van der Waals surface area contributed by atoms with Crippen LogP contribution in [0, 0.1) is 0 Å². The standard InChI is InChI=1S/C14H15N3O2/c15-8-7-10-4-1-2-5-11(10)14(19)17-13-12(18)6-3-9-16-13/h1-6,9,18H,7-8,15H2,(H,16,17,19). The molecule has 0 aliphatic rings. The second-order valence-electron chi connectivity index (χ2n) is 4.02. The lowest BCUT2D eigenvalue weighted by atomic mass is 10.0. The molecule has 0 unspecified atom stereocenters. The summed E-state index contributed by atoms with van der Waals surface area (Å²) >= 11 is 0. The molecule has 5 heteroatoms. The molecule has 2 aromatic rings. The first-order valence-electron chi connectivity index (χ1n) is 5.95. The number of nitrogens with zero attached hydrogens (tertiary/aromatic N) is 1. The highest BCUT2D eigenvalue weighted by atomic mass is 16.3. The van der Waals surface area contributed by atoms with Crippen molar-refractivity contribution in [2.45, 2.75) is 6.42 Å². The van der Waals surface area contributed by atoms with Crippen molar-refractivity contribution in [3.63, 3.8) is 0 Å². The first kappa shape index (κ1) is 13.0. The molecule has 0 atom stereocenters. The van der Waals surface area contributed by atoms with Crippen LogP contribution in [0.1, 0.15) is 15.9 Å². The Balaban J connectivity index is 2.23. The predicted molar refractivity (Wildman–Crippen MR) is 73.1 cm³/mol. The highest BCUT2D eigenvalue weighted by Crippen LogP contribution is 2.20. The molecule has 0 fully saturated rings. The zero-order valence-electron chi connectivity index (χ0n) is 10.3. The third kappa shape index (κ3) is 3.08. The van der Waals surface area contributed by atoms with Crippen LogP contribution >= 0.6 is 0 Å². The number of aromatic hydroxyl groups is 1. The minimum atomic E-state index is -0.307. The molecule has 0 aliphatic carbocycles. The third-order valence-electron chi connectivity index (χ3n) is 2.69. The van der Waals surface area contributed by atoms with Gasteiger partial charge in [0.15, 0.2) is 11.6 Å². The van der Waals surface area contributed by atoms with Gasteiger partial charge in [0.2, 0.25) is 0 Å². The lowest BCUT2D eigenvalue weighted by Gasteiger charge is -2.09. The molecular weight excluding hydrogens is 242 g/mol. The molecular formula is C14H15N3O2. The summed E-state index contributed by atoms with van der Waals surface area (Å²) in [5.74, 6) is -0.222. The van der Waals surface area contributed by atoms with Gasteiger partial charge in [-0.15, -0.1) is 0 Å². The van der Waals surface area contributed by atoms with Crippen LogP contribution in [-0.2, 0) is 6.42 Å². The molecule has 1 heterocycles. The third-order valence-corrected chi connectivity index (χ3v) is 2.69. The summed E-state index contributed by atoms with van der Waals surface area (Å²) < 4.78 is 0. The van der Waals surface area contributed by atoms with E-state index in [1.165, 1.54) is 12.3 Å². The van der Waals surface area contributed by atoms with E-state index in [0.29, 0.717) is 18.5 Å². The van der Waals surface area contributed by atoms with Gasteiger partial charge in [0, 0.05) is 11.8 Å². The number of aromatic nitrogens is 1. The van der Waals surface area contributed by atoms with Crippen molar-refractivity contribution in [2.24, 2.45) is 5.73 Å². The topological polar surface area (TPSA) is 88.2 Å². The molecule has 0 radical (unpaired) electrons. The number of benzene rings is 1. The van der Waals surface area contributed by atoms with Crippen molar-refractivity contribution in [3.05, 3.63) is 53.7 Å². The van der Waals surface area contributed by atoms with Crippen molar-refractivity contribution in [3.8, 4) is 5.75 Å². The van der Waals surface area contributed by atoms with E-state index in [0.717, 1.165) is 5.56 Å². The van der Waals surface area contributed by atoms with Crippen LogP contribution in [0.2, 0.25) is 0 Å². The average Bonchev–Trinajstić information content (AvgIpc) is 2.42. The second-order valence-corrected chi connectivity index (χ2v) is 4.02. The number of rotatable bonds is 4. The summed E-state index contributed by atoms with van der Waals surface area (Å²) in [4.78, 5) is 16.1. The number of amides is 1. The summed E-state index contributed by atoms with van der Waals surface area (Å²) in [5.41, 5.74) is 6.94. The van der Waals surface area contributed by atoms with E-state index in [1.54, 1.807) is 18.2 Å². The fourth-order valence-electron chi connectivity index (χ4n) is 1.78. The summed E-state index contributed by atoms with van der Waals surface area (Å²) in [7, 11) is 0. The number of carbonyl (C=O) groups is 1. The number of pyridine rings is 1. The second kappa shape index (κ2) is 5.97. The maximum Gasteiger partial charge on any atom is 0.257 e. The Kier molecular flexibility index (Phi) is 4.10. The Morgan fingerprint density at radius 2 is 2.05 bits per heavy atom. The Hall–Kier alpha value is -2.40. The van der Waals surface area contributed by atoms with E-state index in [-0.39, 0.29) is 17.5 Å². The van der Waals surface area contributed by atoms with E-state index in [4.69, 9.17) is 5.73 Å². The average molecular weight is 257 g/mol. The van der Waals surface area contributed by atoms with Crippen LogP contribution in [0.15, 0.2) is 42.6 Å². The lowest BCUT2D eigenvalue weighted by molar-refractivity contribution is 0.102. The van der Waals surface area contributed by atoms with Gasteiger partial charge in [-0.2, -0.15) is 0 Å². The molecule has 0 saturated carbocycles. The smallest absolute Gasteiger partial charge is 0.257 e. The monoisotopic (exact) mass is 257 g/mol. The minimum Gasteiger partial charge on any atom is -0.504 e. The van der Waals surface area contributed by atoms with Gasteiger partial charge in [-0.1, -0.05) is 18.2 Å². The Labute approximate surface area is 111 Å². The number of anilines is 1. The highest BCUT2D eigenvalue weighted by molar-refractivity contribution is 6.05. The first-order chi connectivity index (χ1) is 9.22. The van der Waals surface area contributed by atoms with Crippen LogP contribution in [0.3, 0.4) is 0 Å². The van der Waals surface area contributed by atoms with Gasteiger partial charge < -0.3 is 16.2 Å². The number of hydrogen-bond acceptors (Lipinski definition) is 4. The molecule has 19 heavy (non-hydrogen) atoms. The number of nitrogens with one attached hydrogen (secondary N) is 1. The van der Waals surface area contributed by atoms with Gasteiger partial charge in [-0.25, -0.2) is 4.98 Å². The number of carbonyl (C=O) groups excluding carboxylic acids is 1. The van der Waals surface area contributed by atoms with Crippen LogP contribution in [-0.4, -0.2) is 22.5 Å². The van der Waals surface area contributed by atoms with Crippen LogP contribution < -0.4 is 11.1 Å². The molecule has 1 amide bonds. The summed E-state index contributed by atoms with van der Waals surface area (Å²) in [6, 6.07) is 10.3. The maximum atomic E-state index is 12.2. The van der Waals surface area contributed by atoms with E-state index < -0.39 is 0 Å². The Morgan fingerprint density at radius 1 is 1.26 bits per heavy atom. The predicted octanol–water partition coefficient (Wildman–Crippen LogP) is 1.54. The molecule has 1 aromatic heterocycles. The van der Waals surface area contributed by atoms with Gasteiger partial charge in [0.1, 0.15) is 0 Å². The normalized spacial score (nSPS) is 10.2. The largest absolute Gasteiger partial charge is 0.504 e. The maximum absolute atomic E-state index is 12.2. The zero-order chi connectivity index (χ0) is 13.7. The fraction of sp³-hybridized carbons (Fsp3) is 0.143. The number of hydrogen-bond donors (Lipinski definition) is 3. The van der Waals surface area contributed by atoms with Crippen molar-refractivity contribution < 1.29 is 9.90 Å². The molecule has 1 aromatic carbocycles. The summed E-state index contributed by atoms with van der Waals surface area (Å²) in [6.45, 7) is 0.471. The summed E-state index contributed by atoms with van der Waals surface area (Å²) in [6.07, 6.45) is 2.12. The first-order valence-corrected chi connectivity index (χ1v) is 5.95. The van der Waals surface area contributed by atoms with E-state index >= 15 is 0 Å². The van der Waals surface area contributed by atoms with Gasteiger partial charge >= 0.3 is 0 Å². The number of nitrogens with two attached hydrogens (primary N) is 1. The molecule has 0 saturated heterocycles. The SMILES string of the molecule is NCCc1ccccc1C(=O)Nc1ncccc1O. The zero-order valence-corrected chi connectivity index (χ0v) is 10.3. The van der Waals surface area contributed by atoms with Gasteiger partial charge in [0.25, 0.3) is 5.91 Å². The van der Waals surface area contributed by atoms with Crippen LogP contribution in [0.5, 0.6) is 5.75 Å². The van der Waals surface area contributed by atoms with Crippen molar-refractivity contribution in [2.75, 3.05) is 11.9 Å². The van der Waals surface area contributed by atoms with E-state index in [2.05, 4.69) is 10.3 Å². The Morgan fingerprint density at radius 3 is 2.79 bits per heavy atom. The molecule has 2 rings (SSSR count). The fourth-order valence-corrected chi connectivity index (χ4v) is 1.78. The van der Waals surface area contributed by atoms with Crippen molar-refractivity contribution >= 4 is 11.7 Å². The molecule has 5 nitrogen and oxygen atoms in total. The highest BCUT2D eigenvalue weighted by Gasteiger charge is 2.12. The van der Waals surface area contributed by atoms with Gasteiger partial charge in [0.05, 0.1) is 0 Å². The van der Waals surface area contributed by atoms with E-state index in [1.807, 2.05) is 12.1 Å². The van der Waals surface area contributed by atoms with Gasteiger partial charge in [-0.3, -0.25) is 4.79 Å². The van der Waals surface area contributed by atoms with Crippen LogP contribution in [0.25, 0.3) is 0 Å². The lowest BCUT2D eigenvalue weighted by Crippen LogP contribution is -2.16.